The molecule has 1 N–H and O–H groups in total. The van der Waals surface area contributed by atoms with Crippen molar-refractivity contribution in [3.63, 3.8) is 0 Å². The van der Waals surface area contributed by atoms with Crippen LogP contribution in [0.25, 0.3) is 5.65 Å². The SMILES string of the molecule is Cc1cc(NCCc2cn3ccccc3n2)nc(N(C)C)n1. The van der Waals surface area contributed by atoms with Crippen molar-refractivity contribution in [2.75, 3.05) is 30.9 Å². The van der Waals surface area contributed by atoms with Crippen molar-refractivity contribution in [2.45, 2.75) is 13.3 Å². The molecule has 6 nitrogen and oxygen atoms in total. The molecule has 0 bridgehead atoms. The fraction of sp³-hybridized carbons (Fsp3) is 0.312. The van der Waals surface area contributed by atoms with E-state index in [-0.39, 0.29) is 0 Å². The Morgan fingerprint density at radius 1 is 1.18 bits per heavy atom. The van der Waals surface area contributed by atoms with Gasteiger partial charge in [-0.15, -0.1) is 0 Å². The lowest BCUT2D eigenvalue weighted by Crippen LogP contribution is -2.15. The Balaban J connectivity index is 1.65. The number of imidazole rings is 1. The van der Waals surface area contributed by atoms with Crippen LogP contribution in [0.4, 0.5) is 11.8 Å². The molecule has 0 atom stereocenters. The highest BCUT2D eigenvalue weighted by Gasteiger charge is 2.05. The topological polar surface area (TPSA) is 58.4 Å². The molecular weight excluding hydrogens is 276 g/mol. The molecule has 0 saturated heterocycles. The fourth-order valence-corrected chi connectivity index (χ4v) is 2.27. The minimum absolute atomic E-state index is 0.718. The molecule has 0 saturated carbocycles. The van der Waals surface area contributed by atoms with Crippen LogP contribution in [-0.4, -0.2) is 40.0 Å². The Morgan fingerprint density at radius 2 is 2.05 bits per heavy atom. The predicted molar refractivity (Wildman–Crippen MR) is 88.5 cm³/mol. The lowest BCUT2D eigenvalue weighted by molar-refractivity contribution is 0.942. The molecule has 0 aromatic carbocycles. The van der Waals surface area contributed by atoms with Gasteiger partial charge in [-0.1, -0.05) is 6.07 Å². The van der Waals surface area contributed by atoms with E-state index in [1.54, 1.807) is 0 Å². The smallest absolute Gasteiger partial charge is 0.226 e. The average molecular weight is 296 g/mol. The van der Waals surface area contributed by atoms with E-state index in [0.717, 1.165) is 41.8 Å². The number of rotatable bonds is 5. The van der Waals surface area contributed by atoms with Crippen molar-refractivity contribution in [3.8, 4) is 0 Å². The molecule has 6 heteroatoms. The maximum absolute atomic E-state index is 4.59. The van der Waals surface area contributed by atoms with E-state index in [9.17, 15) is 0 Å². The number of aromatic nitrogens is 4. The van der Waals surface area contributed by atoms with Gasteiger partial charge in [0.1, 0.15) is 11.5 Å². The van der Waals surface area contributed by atoms with Crippen LogP contribution in [-0.2, 0) is 6.42 Å². The number of pyridine rings is 1. The lowest BCUT2D eigenvalue weighted by atomic mass is 10.3. The standard InChI is InChI=1S/C16H20N6/c1-12-10-14(20-16(18-12)21(2)3)17-8-7-13-11-22-9-5-4-6-15(22)19-13/h4-6,9-11H,7-8H2,1-3H3,(H,17,18,20). The van der Waals surface area contributed by atoms with Gasteiger partial charge in [0.25, 0.3) is 0 Å². The summed E-state index contributed by atoms with van der Waals surface area (Å²) in [5.41, 5.74) is 3.00. The zero-order valence-electron chi connectivity index (χ0n) is 13.1. The Hall–Kier alpha value is -2.63. The second kappa shape index (κ2) is 6.01. The summed E-state index contributed by atoms with van der Waals surface area (Å²) < 4.78 is 2.04. The van der Waals surface area contributed by atoms with Crippen molar-refractivity contribution in [3.05, 3.63) is 48.0 Å². The van der Waals surface area contributed by atoms with Gasteiger partial charge in [-0.25, -0.2) is 9.97 Å². The largest absolute Gasteiger partial charge is 0.370 e. The summed E-state index contributed by atoms with van der Waals surface area (Å²) in [5, 5.41) is 3.35. The summed E-state index contributed by atoms with van der Waals surface area (Å²) in [5.74, 6) is 1.56. The molecule has 0 fully saturated rings. The van der Waals surface area contributed by atoms with E-state index < -0.39 is 0 Å². The summed E-state index contributed by atoms with van der Waals surface area (Å²) in [4.78, 5) is 15.4. The number of nitrogens with one attached hydrogen (secondary N) is 1. The quantitative estimate of drug-likeness (QED) is 0.782. The van der Waals surface area contributed by atoms with E-state index in [0.29, 0.717) is 0 Å². The molecule has 0 spiro atoms. The molecule has 3 aromatic heterocycles. The number of hydrogen-bond acceptors (Lipinski definition) is 5. The Kier molecular flexibility index (Phi) is 3.91. The molecule has 3 heterocycles. The first-order valence-corrected chi connectivity index (χ1v) is 7.31. The summed E-state index contributed by atoms with van der Waals surface area (Å²) in [6.07, 6.45) is 4.92. The van der Waals surface area contributed by atoms with E-state index in [4.69, 9.17) is 0 Å². The molecule has 3 aromatic rings. The third-order valence-corrected chi connectivity index (χ3v) is 3.34. The van der Waals surface area contributed by atoms with Crippen molar-refractivity contribution in [2.24, 2.45) is 0 Å². The van der Waals surface area contributed by atoms with Crippen LogP contribution in [0.3, 0.4) is 0 Å². The van der Waals surface area contributed by atoms with Gasteiger partial charge in [0.05, 0.1) is 5.69 Å². The van der Waals surface area contributed by atoms with Gasteiger partial charge < -0.3 is 14.6 Å². The first-order chi connectivity index (χ1) is 10.6. The number of fused-ring (bicyclic) bond motifs is 1. The molecule has 0 aliphatic rings. The molecule has 0 aliphatic heterocycles. The molecule has 0 aliphatic carbocycles. The summed E-state index contributed by atoms with van der Waals surface area (Å²) in [7, 11) is 3.88. The Labute approximate surface area is 129 Å². The molecular formula is C16H20N6. The molecule has 114 valence electrons. The molecule has 3 rings (SSSR count). The van der Waals surface area contributed by atoms with E-state index in [1.807, 2.05) is 60.8 Å². The lowest BCUT2D eigenvalue weighted by Gasteiger charge is -2.13. The van der Waals surface area contributed by atoms with Gasteiger partial charge >= 0.3 is 0 Å². The van der Waals surface area contributed by atoms with Crippen LogP contribution in [0, 0.1) is 6.92 Å². The third-order valence-electron chi connectivity index (χ3n) is 3.34. The van der Waals surface area contributed by atoms with Crippen LogP contribution < -0.4 is 10.2 Å². The van der Waals surface area contributed by atoms with Gasteiger partial charge in [-0.05, 0) is 19.1 Å². The minimum Gasteiger partial charge on any atom is -0.370 e. The van der Waals surface area contributed by atoms with Crippen molar-refractivity contribution >= 4 is 17.4 Å². The first-order valence-electron chi connectivity index (χ1n) is 7.31. The van der Waals surface area contributed by atoms with Crippen LogP contribution in [0.5, 0.6) is 0 Å². The Bertz CT molecular complexity index is 744. The zero-order valence-corrected chi connectivity index (χ0v) is 13.1. The summed E-state index contributed by atoms with van der Waals surface area (Å²) in [6.45, 7) is 2.76. The van der Waals surface area contributed by atoms with Crippen LogP contribution in [0.2, 0.25) is 0 Å². The summed E-state index contributed by atoms with van der Waals surface area (Å²) in [6, 6.07) is 7.96. The Morgan fingerprint density at radius 3 is 2.82 bits per heavy atom. The highest BCUT2D eigenvalue weighted by Crippen LogP contribution is 2.12. The monoisotopic (exact) mass is 296 g/mol. The summed E-state index contributed by atoms with van der Waals surface area (Å²) >= 11 is 0. The maximum Gasteiger partial charge on any atom is 0.226 e. The molecule has 0 radical (unpaired) electrons. The number of aryl methyl sites for hydroxylation is 1. The number of anilines is 2. The second-order valence-corrected chi connectivity index (χ2v) is 5.46. The highest BCUT2D eigenvalue weighted by molar-refractivity contribution is 5.43. The van der Waals surface area contributed by atoms with Crippen LogP contribution in [0.1, 0.15) is 11.4 Å². The van der Waals surface area contributed by atoms with Gasteiger partial charge in [-0.2, -0.15) is 4.98 Å². The van der Waals surface area contributed by atoms with Crippen LogP contribution >= 0.6 is 0 Å². The molecule has 0 amide bonds. The fourth-order valence-electron chi connectivity index (χ4n) is 2.27. The number of nitrogens with zero attached hydrogens (tertiary/aromatic N) is 5. The van der Waals surface area contributed by atoms with Gasteiger partial charge in [0, 0.05) is 51.2 Å². The molecule has 0 unspecified atom stereocenters. The predicted octanol–water partition coefficient (Wildman–Crippen LogP) is 2.15. The zero-order chi connectivity index (χ0) is 15.5. The minimum atomic E-state index is 0.718. The van der Waals surface area contributed by atoms with Crippen molar-refractivity contribution in [1.82, 2.24) is 19.4 Å². The van der Waals surface area contributed by atoms with Crippen molar-refractivity contribution in [1.29, 1.82) is 0 Å². The van der Waals surface area contributed by atoms with Gasteiger partial charge in [0.2, 0.25) is 5.95 Å². The number of hydrogen-bond donors (Lipinski definition) is 1. The first kappa shape index (κ1) is 14.3. The maximum atomic E-state index is 4.59. The van der Waals surface area contributed by atoms with Gasteiger partial charge in [0.15, 0.2) is 0 Å². The van der Waals surface area contributed by atoms with Crippen LogP contribution in [0.15, 0.2) is 36.7 Å². The van der Waals surface area contributed by atoms with Crippen molar-refractivity contribution < 1.29 is 0 Å². The second-order valence-electron chi connectivity index (χ2n) is 5.46. The average Bonchev–Trinajstić information content (AvgIpc) is 2.89. The third kappa shape index (κ3) is 3.16. The van der Waals surface area contributed by atoms with E-state index in [1.165, 1.54) is 0 Å². The normalized spacial score (nSPS) is 10.9. The van der Waals surface area contributed by atoms with E-state index >= 15 is 0 Å². The molecule has 22 heavy (non-hydrogen) atoms. The van der Waals surface area contributed by atoms with Gasteiger partial charge in [-0.3, -0.25) is 0 Å². The van der Waals surface area contributed by atoms with E-state index in [2.05, 4.69) is 26.5 Å². The highest BCUT2D eigenvalue weighted by atomic mass is 15.2.